The molecule has 0 fully saturated rings. The number of rotatable bonds is 2. The van der Waals surface area contributed by atoms with Crippen LogP contribution in [0.15, 0.2) is 35.6 Å². The molecule has 0 aliphatic carbocycles. The van der Waals surface area contributed by atoms with Gasteiger partial charge in [-0.2, -0.15) is 10.4 Å². The quantitative estimate of drug-likeness (QED) is 0.607. The van der Waals surface area contributed by atoms with E-state index in [1.54, 1.807) is 35.4 Å². The lowest BCUT2D eigenvalue weighted by atomic mass is 10.4. The zero-order valence-corrected chi connectivity index (χ0v) is 8.48. The highest BCUT2D eigenvalue weighted by Crippen LogP contribution is 2.16. The van der Waals surface area contributed by atoms with Gasteiger partial charge in [0.1, 0.15) is 5.40 Å². The Hall–Kier alpha value is -2.00. The van der Waals surface area contributed by atoms with Crippen molar-refractivity contribution in [1.82, 2.24) is 14.8 Å². The number of aromatic nitrogens is 3. The minimum Gasteiger partial charge on any atom is -0.397 e. The number of pyridine rings is 1. The van der Waals surface area contributed by atoms with E-state index < -0.39 is 0 Å². The lowest BCUT2D eigenvalue weighted by molar-refractivity contribution is 0.846. The number of nitriles is 1. The maximum Gasteiger partial charge on any atom is 0.153 e. The molecule has 0 atom stereocenters. The highest BCUT2D eigenvalue weighted by atomic mass is 32.2. The summed E-state index contributed by atoms with van der Waals surface area (Å²) in [6, 6.07) is 3.52. The summed E-state index contributed by atoms with van der Waals surface area (Å²) in [5.74, 6) is 0.675. The van der Waals surface area contributed by atoms with Crippen LogP contribution in [0.4, 0.5) is 5.69 Å². The molecule has 74 valence electrons. The smallest absolute Gasteiger partial charge is 0.153 e. The second kappa shape index (κ2) is 4.02. The molecule has 2 heterocycles. The van der Waals surface area contributed by atoms with Crippen molar-refractivity contribution >= 4 is 17.4 Å². The van der Waals surface area contributed by atoms with Crippen LogP contribution >= 0.6 is 11.8 Å². The van der Waals surface area contributed by atoms with Crippen LogP contribution in [-0.2, 0) is 0 Å². The Bertz CT molecular complexity index is 496. The van der Waals surface area contributed by atoms with Crippen LogP contribution in [0.2, 0.25) is 0 Å². The van der Waals surface area contributed by atoms with Crippen LogP contribution in [0.5, 0.6) is 0 Å². The molecule has 0 amide bonds. The maximum absolute atomic E-state index is 8.48. The van der Waals surface area contributed by atoms with Crippen LogP contribution in [0.1, 0.15) is 0 Å². The molecule has 2 rings (SSSR count). The van der Waals surface area contributed by atoms with Gasteiger partial charge < -0.3 is 5.73 Å². The summed E-state index contributed by atoms with van der Waals surface area (Å²) in [4.78, 5) is 4.89. The predicted molar refractivity (Wildman–Crippen MR) is 57.2 cm³/mol. The van der Waals surface area contributed by atoms with Crippen LogP contribution in [-0.4, -0.2) is 14.8 Å². The molecule has 0 spiro atoms. The monoisotopic (exact) mass is 217 g/mol. The van der Waals surface area contributed by atoms with Gasteiger partial charge in [0.25, 0.3) is 0 Å². The second-order valence-electron chi connectivity index (χ2n) is 2.76. The lowest BCUT2D eigenvalue weighted by Crippen LogP contribution is -1.97. The fraction of sp³-hybridized carbons (Fsp3) is 0. The maximum atomic E-state index is 8.48. The zero-order valence-electron chi connectivity index (χ0n) is 7.66. The molecule has 6 heteroatoms. The Morgan fingerprint density at radius 2 is 2.27 bits per heavy atom. The second-order valence-corrected chi connectivity index (χ2v) is 3.62. The van der Waals surface area contributed by atoms with Gasteiger partial charge >= 0.3 is 0 Å². The van der Waals surface area contributed by atoms with Crippen molar-refractivity contribution < 1.29 is 0 Å². The summed E-state index contributed by atoms with van der Waals surface area (Å²) in [6.07, 6.45) is 4.92. The summed E-state index contributed by atoms with van der Waals surface area (Å²) >= 11 is 1.06. The first-order valence-electron chi connectivity index (χ1n) is 4.12. The third-order valence-corrected chi connectivity index (χ3v) is 2.27. The van der Waals surface area contributed by atoms with Crippen LogP contribution < -0.4 is 5.73 Å². The summed E-state index contributed by atoms with van der Waals surface area (Å²) in [5, 5.41) is 14.5. The highest BCUT2D eigenvalue weighted by molar-refractivity contribution is 8.03. The standard InChI is InChI=1S/C9H7N5S/c10-6-15-8-4-13-14(5-8)9-2-1-7(11)3-12-9/h1-5H,11H2. The van der Waals surface area contributed by atoms with E-state index in [1.807, 2.05) is 5.40 Å². The molecule has 5 nitrogen and oxygen atoms in total. The average Bonchev–Trinajstić information content (AvgIpc) is 2.68. The molecule has 2 N–H and O–H groups in total. The van der Waals surface area contributed by atoms with Crippen LogP contribution in [0.25, 0.3) is 5.82 Å². The average molecular weight is 217 g/mol. The Kier molecular flexibility index (Phi) is 2.56. The lowest BCUT2D eigenvalue weighted by Gasteiger charge is -1.99. The van der Waals surface area contributed by atoms with Crippen LogP contribution in [0, 0.1) is 10.7 Å². The third-order valence-electron chi connectivity index (χ3n) is 1.73. The van der Waals surface area contributed by atoms with Gasteiger partial charge in [-0.1, -0.05) is 0 Å². The van der Waals surface area contributed by atoms with Gasteiger partial charge in [-0.25, -0.2) is 9.67 Å². The summed E-state index contributed by atoms with van der Waals surface area (Å²) in [6.45, 7) is 0. The normalized spacial score (nSPS) is 9.80. The van der Waals surface area contributed by atoms with E-state index in [4.69, 9.17) is 11.0 Å². The Balaban J connectivity index is 2.30. The molecule has 0 saturated heterocycles. The molecule has 0 radical (unpaired) electrons. The molecule has 2 aromatic heterocycles. The van der Waals surface area contributed by atoms with Gasteiger partial charge in [0.15, 0.2) is 5.82 Å². The highest BCUT2D eigenvalue weighted by Gasteiger charge is 2.01. The van der Waals surface area contributed by atoms with E-state index in [-0.39, 0.29) is 0 Å². The number of nitrogens with zero attached hydrogens (tertiary/aromatic N) is 4. The number of thioether (sulfide) groups is 1. The van der Waals surface area contributed by atoms with Crippen molar-refractivity contribution in [3.05, 3.63) is 30.7 Å². The minimum absolute atomic E-state index is 0.609. The Morgan fingerprint density at radius 1 is 1.40 bits per heavy atom. The molecule has 0 aliphatic heterocycles. The van der Waals surface area contributed by atoms with Gasteiger partial charge in [-0.15, -0.1) is 0 Å². The predicted octanol–water partition coefficient (Wildman–Crippen LogP) is 1.42. The SMILES string of the molecule is N#CSc1cnn(-c2ccc(N)cn2)c1. The first-order chi connectivity index (χ1) is 7.29. The van der Waals surface area contributed by atoms with E-state index in [2.05, 4.69) is 10.1 Å². The van der Waals surface area contributed by atoms with Gasteiger partial charge in [0.05, 0.1) is 23.0 Å². The summed E-state index contributed by atoms with van der Waals surface area (Å²) in [5.41, 5.74) is 6.13. The molecule has 0 aliphatic rings. The van der Waals surface area contributed by atoms with Crippen molar-refractivity contribution in [3.63, 3.8) is 0 Å². The molecule has 0 aromatic carbocycles. The molecule has 2 aromatic rings. The number of anilines is 1. The van der Waals surface area contributed by atoms with Gasteiger partial charge in [-0.05, 0) is 23.9 Å². The van der Waals surface area contributed by atoms with Gasteiger partial charge in [0.2, 0.25) is 0 Å². The number of hydrogen-bond acceptors (Lipinski definition) is 5. The van der Waals surface area contributed by atoms with Crippen LogP contribution in [0.3, 0.4) is 0 Å². The molecular formula is C9H7N5S. The number of nitrogens with two attached hydrogens (primary N) is 1. The summed E-state index contributed by atoms with van der Waals surface area (Å²) < 4.78 is 1.60. The van der Waals surface area contributed by atoms with Crippen molar-refractivity contribution in [2.24, 2.45) is 0 Å². The van der Waals surface area contributed by atoms with Crippen molar-refractivity contribution in [3.8, 4) is 11.2 Å². The topological polar surface area (TPSA) is 80.5 Å². The summed E-state index contributed by atoms with van der Waals surface area (Å²) in [7, 11) is 0. The van der Waals surface area contributed by atoms with E-state index in [9.17, 15) is 0 Å². The minimum atomic E-state index is 0.609. The van der Waals surface area contributed by atoms with E-state index in [0.717, 1.165) is 16.7 Å². The van der Waals surface area contributed by atoms with Crippen molar-refractivity contribution in [2.45, 2.75) is 4.90 Å². The Labute approximate surface area is 90.5 Å². The molecular weight excluding hydrogens is 210 g/mol. The van der Waals surface area contributed by atoms with Crippen molar-refractivity contribution in [2.75, 3.05) is 5.73 Å². The molecule has 0 unspecified atom stereocenters. The fourth-order valence-corrected chi connectivity index (χ4v) is 1.43. The molecule has 0 bridgehead atoms. The van der Waals surface area contributed by atoms with E-state index >= 15 is 0 Å². The zero-order chi connectivity index (χ0) is 10.7. The van der Waals surface area contributed by atoms with Crippen molar-refractivity contribution in [1.29, 1.82) is 5.26 Å². The number of hydrogen-bond donors (Lipinski definition) is 1. The van der Waals surface area contributed by atoms with Gasteiger partial charge in [-0.3, -0.25) is 0 Å². The Morgan fingerprint density at radius 3 is 2.93 bits per heavy atom. The van der Waals surface area contributed by atoms with E-state index in [0.29, 0.717) is 11.5 Å². The molecule has 15 heavy (non-hydrogen) atoms. The van der Waals surface area contributed by atoms with Gasteiger partial charge in [0, 0.05) is 6.20 Å². The first-order valence-corrected chi connectivity index (χ1v) is 4.94. The number of nitrogen functional groups attached to an aromatic ring is 1. The largest absolute Gasteiger partial charge is 0.397 e. The first kappa shape index (κ1) is 9.55. The molecule has 0 saturated carbocycles. The van der Waals surface area contributed by atoms with E-state index in [1.165, 1.54) is 0 Å². The number of thiocyanates is 1. The third kappa shape index (κ3) is 2.08. The fourth-order valence-electron chi connectivity index (χ4n) is 1.07.